The van der Waals surface area contributed by atoms with Gasteiger partial charge >= 0.3 is 0 Å². The molecule has 0 saturated carbocycles. The van der Waals surface area contributed by atoms with Crippen molar-refractivity contribution in [3.8, 4) is 0 Å². The van der Waals surface area contributed by atoms with Crippen LogP contribution >= 0.6 is 0 Å². The van der Waals surface area contributed by atoms with Gasteiger partial charge in [-0.1, -0.05) is 0 Å². The summed E-state index contributed by atoms with van der Waals surface area (Å²) in [5, 5.41) is 3.92. The molecule has 2 heterocycles. The molecule has 1 aromatic rings. The average molecular weight is 203 g/mol. The normalized spacial score (nSPS) is 19.9. The number of hydrogen-bond acceptors (Lipinski definition) is 3. The SMILES string of the molecule is CC1=NNC(=O)[C@@H]1CCc1ccncc1. The van der Waals surface area contributed by atoms with Crippen LogP contribution in [0.15, 0.2) is 29.6 Å². The van der Waals surface area contributed by atoms with Gasteiger partial charge in [0.25, 0.3) is 0 Å². The van der Waals surface area contributed by atoms with Gasteiger partial charge in [-0.25, -0.2) is 5.43 Å². The van der Waals surface area contributed by atoms with Crippen LogP contribution in [0.4, 0.5) is 0 Å². The second-order valence-corrected chi connectivity index (χ2v) is 3.68. The van der Waals surface area contributed by atoms with E-state index < -0.39 is 0 Å². The van der Waals surface area contributed by atoms with E-state index in [-0.39, 0.29) is 11.8 Å². The first-order valence-corrected chi connectivity index (χ1v) is 5.00. The molecular formula is C11H13N3O. The Bertz CT molecular complexity index is 386. The molecule has 1 amide bonds. The van der Waals surface area contributed by atoms with Gasteiger partial charge < -0.3 is 0 Å². The maximum Gasteiger partial charge on any atom is 0.248 e. The Kier molecular flexibility index (Phi) is 2.76. The fraction of sp³-hybridized carbons (Fsp3) is 0.364. The molecule has 0 radical (unpaired) electrons. The molecule has 2 rings (SSSR count). The van der Waals surface area contributed by atoms with Crippen molar-refractivity contribution < 1.29 is 4.79 Å². The topological polar surface area (TPSA) is 54.4 Å². The number of pyridine rings is 1. The first-order chi connectivity index (χ1) is 7.27. The molecule has 4 nitrogen and oxygen atoms in total. The van der Waals surface area contributed by atoms with Gasteiger partial charge in [0.1, 0.15) is 0 Å². The zero-order chi connectivity index (χ0) is 10.7. The third-order valence-corrected chi connectivity index (χ3v) is 2.63. The Morgan fingerprint density at radius 1 is 1.40 bits per heavy atom. The summed E-state index contributed by atoms with van der Waals surface area (Å²) in [6.45, 7) is 1.88. The molecule has 1 aliphatic heterocycles. The van der Waals surface area contributed by atoms with Gasteiger partial charge in [0.05, 0.1) is 5.92 Å². The zero-order valence-electron chi connectivity index (χ0n) is 8.60. The lowest BCUT2D eigenvalue weighted by Gasteiger charge is -2.06. The summed E-state index contributed by atoms with van der Waals surface area (Å²) in [6, 6.07) is 3.94. The maximum absolute atomic E-state index is 11.4. The molecule has 1 aromatic heterocycles. The van der Waals surface area contributed by atoms with Crippen molar-refractivity contribution in [1.82, 2.24) is 10.4 Å². The molecule has 1 N–H and O–H groups in total. The first kappa shape index (κ1) is 9.83. The summed E-state index contributed by atoms with van der Waals surface area (Å²) in [4.78, 5) is 15.3. The molecule has 0 unspecified atom stereocenters. The molecule has 0 saturated heterocycles. The van der Waals surface area contributed by atoms with Crippen LogP contribution in [0.2, 0.25) is 0 Å². The van der Waals surface area contributed by atoms with Crippen molar-refractivity contribution in [3.05, 3.63) is 30.1 Å². The number of carbonyl (C=O) groups excluding carboxylic acids is 1. The quantitative estimate of drug-likeness (QED) is 0.800. The molecular weight excluding hydrogens is 190 g/mol. The van der Waals surface area contributed by atoms with Gasteiger partial charge in [-0.05, 0) is 37.5 Å². The van der Waals surface area contributed by atoms with E-state index in [0.717, 1.165) is 18.6 Å². The molecule has 0 bridgehead atoms. The molecule has 0 aliphatic carbocycles. The maximum atomic E-state index is 11.4. The number of amides is 1. The van der Waals surface area contributed by atoms with E-state index in [9.17, 15) is 4.79 Å². The van der Waals surface area contributed by atoms with E-state index in [1.54, 1.807) is 12.4 Å². The highest BCUT2D eigenvalue weighted by molar-refractivity contribution is 6.06. The number of hydrazone groups is 1. The predicted octanol–water partition coefficient (Wildman–Crippen LogP) is 1.14. The summed E-state index contributed by atoms with van der Waals surface area (Å²) in [7, 11) is 0. The van der Waals surface area contributed by atoms with Gasteiger partial charge in [0.2, 0.25) is 5.91 Å². The fourth-order valence-corrected chi connectivity index (χ4v) is 1.69. The fourth-order valence-electron chi connectivity index (χ4n) is 1.69. The first-order valence-electron chi connectivity index (χ1n) is 5.00. The van der Waals surface area contributed by atoms with Crippen LogP contribution in [-0.2, 0) is 11.2 Å². The Balaban J connectivity index is 1.94. The van der Waals surface area contributed by atoms with Gasteiger partial charge in [0.15, 0.2) is 0 Å². The number of aryl methyl sites for hydroxylation is 1. The Labute approximate surface area is 88.4 Å². The lowest BCUT2D eigenvalue weighted by atomic mass is 9.96. The van der Waals surface area contributed by atoms with E-state index in [0.29, 0.717) is 0 Å². The van der Waals surface area contributed by atoms with Crippen LogP contribution in [0.25, 0.3) is 0 Å². The molecule has 0 spiro atoms. The van der Waals surface area contributed by atoms with Gasteiger partial charge in [-0.3, -0.25) is 9.78 Å². The van der Waals surface area contributed by atoms with Crippen molar-refractivity contribution in [2.45, 2.75) is 19.8 Å². The van der Waals surface area contributed by atoms with E-state index in [2.05, 4.69) is 15.5 Å². The lowest BCUT2D eigenvalue weighted by Crippen LogP contribution is -2.22. The molecule has 15 heavy (non-hydrogen) atoms. The van der Waals surface area contributed by atoms with Gasteiger partial charge in [-0.15, -0.1) is 0 Å². The molecule has 4 heteroatoms. The second-order valence-electron chi connectivity index (χ2n) is 3.68. The van der Waals surface area contributed by atoms with E-state index in [4.69, 9.17) is 0 Å². The van der Waals surface area contributed by atoms with Crippen LogP contribution in [0.5, 0.6) is 0 Å². The summed E-state index contributed by atoms with van der Waals surface area (Å²) < 4.78 is 0. The lowest BCUT2D eigenvalue weighted by molar-refractivity contribution is -0.122. The van der Waals surface area contributed by atoms with Crippen LogP contribution in [-0.4, -0.2) is 16.6 Å². The smallest absolute Gasteiger partial charge is 0.248 e. The molecule has 0 aromatic carbocycles. The predicted molar refractivity (Wildman–Crippen MR) is 57.3 cm³/mol. The highest BCUT2D eigenvalue weighted by Gasteiger charge is 2.25. The van der Waals surface area contributed by atoms with Crippen molar-refractivity contribution in [2.24, 2.45) is 11.0 Å². The summed E-state index contributed by atoms with van der Waals surface area (Å²) >= 11 is 0. The Morgan fingerprint density at radius 3 is 2.73 bits per heavy atom. The number of aromatic nitrogens is 1. The molecule has 1 atom stereocenters. The second kappa shape index (κ2) is 4.21. The third kappa shape index (κ3) is 2.21. The summed E-state index contributed by atoms with van der Waals surface area (Å²) in [6.07, 6.45) is 5.23. The minimum absolute atomic E-state index is 0.0153. The number of hydrogen-bond donors (Lipinski definition) is 1. The number of nitrogens with zero attached hydrogens (tertiary/aromatic N) is 2. The highest BCUT2D eigenvalue weighted by Crippen LogP contribution is 2.14. The highest BCUT2D eigenvalue weighted by atomic mass is 16.2. The van der Waals surface area contributed by atoms with Crippen molar-refractivity contribution in [3.63, 3.8) is 0 Å². The number of nitrogens with one attached hydrogen (secondary N) is 1. The summed E-state index contributed by atoms with van der Waals surface area (Å²) in [5.74, 6) is -0.0419. The minimum atomic E-state index is -0.0573. The number of carbonyl (C=O) groups is 1. The van der Waals surface area contributed by atoms with Gasteiger partial charge in [0, 0.05) is 18.1 Å². The minimum Gasteiger partial charge on any atom is -0.272 e. The largest absolute Gasteiger partial charge is 0.272 e. The summed E-state index contributed by atoms with van der Waals surface area (Å²) in [5.41, 5.74) is 4.58. The van der Waals surface area contributed by atoms with Crippen molar-refractivity contribution in [1.29, 1.82) is 0 Å². The van der Waals surface area contributed by atoms with E-state index >= 15 is 0 Å². The van der Waals surface area contributed by atoms with Crippen molar-refractivity contribution >= 4 is 11.6 Å². The zero-order valence-corrected chi connectivity index (χ0v) is 8.60. The Hall–Kier alpha value is -1.71. The standard InChI is InChI=1S/C11H13N3O/c1-8-10(11(15)14-13-8)3-2-9-4-6-12-7-5-9/h4-7,10H,2-3H2,1H3,(H,14,15)/t10-/m1/s1. The monoisotopic (exact) mass is 203 g/mol. The molecule has 78 valence electrons. The van der Waals surface area contributed by atoms with Gasteiger partial charge in [-0.2, -0.15) is 5.10 Å². The van der Waals surface area contributed by atoms with Crippen LogP contribution in [0, 0.1) is 5.92 Å². The molecule has 0 fully saturated rings. The van der Waals surface area contributed by atoms with Crippen molar-refractivity contribution in [2.75, 3.05) is 0 Å². The number of rotatable bonds is 3. The van der Waals surface area contributed by atoms with Crippen LogP contribution in [0.3, 0.4) is 0 Å². The van der Waals surface area contributed by atoms with Crippen LogP contribution in [0.1, 0.15) is 18.9 Å². The van der Waals surface area contributed by atoms with Crippen LogP contribution < -0.4 is 5.43 Å². The van der Waals surface area contributed by atoms with E-state index in [1.165, 1.54) is 5.56 Å². The average Bonchev–Trinajstić information content (AvgIpc) is 2.58. The Morgan fingerprint density at radius 2 is 2.13 bits per heavy atom. The third-order valence-electron chi connectivity index (χ3n) is 2.63. The molecule has 1 aliphatic rings. The van der Waals surface area contributed by atoms with E-state index in [1.807, 2.05) is 19.1 Å².